The molecule has 0 bridgehead atoms. The van der Waals surface area contributed by atoms with E-state index < -0.39 is 0 Å². The van der Waals surface area contributed by atoms with E-state index >= 15 is 0 Å². The van der Waals surface area contributed by atoms with Crippen molar-refractivity contribution in [1.82, 2.24) is 14.8 Å². The Morgan fingerprint density at radius 3 is 2.93 bits per heavy atom. The summed E-state index contributed by atoms with van der Waals surface area (Å²) in [6.07, 6.45) is 8.38. The summed E-state index contributed by atoms with van der Waals surface area (Å²) in [5.74, 6) is 0.562. The minimum absolute atomic E-state index is 0.123. The quantitative estimate of drug-likeness (QED) is 0.396. The minimum Gasteiger partial charge on any atom is -0.456 e. The Kier molecular flexibility index (Phi) is 4.63. The van der Waals surface area contributed by atoms with Crippen LogP contribution in [0, 0.1) is 0 Å². The molecule has 4 rings (SSSR count). The Bertz CT molecular complexity index is 1180. The van der Waals surface area contributed by atoms with Gasteiger partial charge in [0.2, 0.25) is 5.91 Å². The Morgan fingerprint density at radius 1 is 1.25 bits per heavy atom. The number of para-hydroxylation sites is 1. The lowest BCUT2D eigenvalue weighted by Gasteiger charge is -1.98. The zero-order valence-electron chi connectivity index (χ0n) is 15.2. The monoisotopic (exact) mass is 374 g/mol. The van der Waals surface area contributed by atoms with Crippen molar-refractivity contribution in [3.63, 3.8) is 0 Å². The van der Waals surface area contributed by atoms with Crippen molar-refractivity contribution >= 4 is 34.4 Å². The Morgan fingerprint density at radius 2 is 2.11 bits per heavy atom. The van der Waals surface area contributed by atoms with Crippen molar-refractivity contribution in [2.24, 2.45) is 0 Å². The summed E-state index contributed by atoms with van der Waals surface area (Å²) in [5, 5.41) is 8.03. The molecule has 0 radical (unpaired) electrons. The van der Waals surface area contributed by atoms with E-state index in [-0.39, 0.29) is 11.7 Å². The van der Waals surface area contributed by atoms with Gasteiger partial charge in [-0.1, -0.05) is 18.2 Å². The van der Waals surface area contributed by atoms with E-state index in [1.54, 1.807) is 35.3 Å². The lowest BCUT2D eigenvalue weighted by Crippen LogP contribution is -2.07. The van der Waals surface area contributed by atoms with Gasteiger partial charge < -0.3 is 14.7 Å². The van der Waals surface area contributed by atoms with Crippen LogP contribution in [0.1, 0.15) is 28.8 Å². The summed E-state index contributed by atoms with van der Waals surface area (Å²) in [7, 11) is 0. The molecule has 0 saturated heterocycles. The zero-order chi connectivity index (χ0) is 19.5. The highest BCUT2D eigenvalue weighted by Gasteiger charge is 2.08. The topological polar surface area (TPSA) is 92.9 Å². The number of aromatic amines is 1. The van der Waals surface area contributed by atoms with Crippen molar-refractivity contribution in [3.8, 4) is 0 Å². The van der Waals surface area contributed by atoms with Crippen molar-refractivity contribution in [2.45, 2.75) is 13.5 Å². The molecule has 7 nitrogen and oxygen atoms in total. The number of nitrogens with zero attached hydrogens (tertiary/aromatic N) is 2. The van der Waals surface area contributed by atoms with Gasteiger partial charge >= 0.3 is 0 Å². The lowest BCUT2D eigenvalue weighted by molar-refractivity contribution is -0.111. The predicted molar refractivity (Wildman–Crippen MR) is 106 cm³/mol. The van der Waals surface area contributed by atoms with Gasteiger partial charge in [0.15, 0.2) is 11.5 Å². The number of nitrogens with one attached hydrogen (secondary N) is 2. The molecule has 2 N–H and O–H groups in total. The van der Waals surface area contributed by atoms with Gasteiger partial charge in [0, 0.05) is 36.3 Å². The minimum atomic E-state index is -0.248. The van der Waals surface area contributed by atoms with Gasteiger partial charge in [0.1, 0.15) is 5.76 Å². The van der Waals surface area contributed by atoms with Gasteiger partial charge in [-0.15, -0.1) is 0 Å². The number of rotatable bonds is 6. The molecule has 0 fully saturated rings. The molecule has 0 aliphatic carbocycles. The van der Waals surface area contributed by atoms with Gasteiger partial charge in [-0.3, -0.25) is 14.3 Å². The number of aromatic nitrogens is 3. The number of ketones is 1. The number of Topliss-reactive ketones (excluding diaryl/α,β-unsaturated/α-hetero) is 1. The van der Waals surface area contributed by atoms with Gasteiger partial charge in [0.25, 0.3) is 0 Å². The number of anilines is 1. The summed E-state index contributed by atoms with van der Waals surface area (Å²) >= 11 is 0. The van der Waals surface area contributed by atoms with Crippen molar-refractivity contribution in [1.29, 1.82) is 0 Å². The molecular formula is C21H18N4O3. The first kappa shape index (κ1) is 17.5. The Labute approximate surface area is 160 Å². The number of hydrogen-bond donors (Lipinski definition) is 2. The maximum Gasteiger partial charge on any atom is 0.248 e. The predicted octanol–water partition coefficient (Wildman–Crippen LogP) is 3.86. The van der Waals surface area contributed by atoms with Crippen LogP contribution >= 0.6 is 0 Å². The van der Waals surface area contributed by atoms with Crippen LogP contribution in [0.3, 0.4) is 0 Å². The average molecular weight is 374 g/mol. The second-order valence-corrected chi connectivity index (χ2v) is 6.36. The molecule has 0 unspecified atom stereocenters. The number of carbonyl (C=O) groups excluding carboxylic acids is 2. The highest BCUT2D eigenvalue weighted by molar-refractivity contribution is 6.03. The van der Waals surface area contributed by atoms with E-state index in [0.29, 0.717) is 23.8 Å². The van der Waals surface area contributed by atoms with Gasteiger partial charge in [0.05, 0.1) is 18.4 Å². The van der Waals surface area contributed by atoms with Gasteiger partial charge in [-0.25, -0.2) is 0 Å². The van der Waals surface area contributed by atoms with E-state index in [0.717, 1.165) is 16.5 Å². The van der Waals surface area contributed by atoms with Crippen molar-refractivity contribution in [3.05, 3.63) is 78.1 Å². The van der Waals surface area contributed by atoms with Crippen LogP contribution in [-0.4, -0.2) is 26.5 Å². The van der Waals surface area contributed by atoms with E-state index in [9.17, 15) is 9.59 Å². The molecule has 0 aliphatic rings. The van der Waals surface area contributed by atoms with Crippen molar-refractivity contribution in [2.75, 3.05) is 5.32 Å². The van der Waals surface area contributed by atoms with E-state index in [1.807, 2.05) is 30.5 Å². The largest absolute Gasteiger partial charge is 0.456 e. The highest BCUT2D eigenvalue weighted by Crippen LogP contribution is 2.19. The zero-order valence-corrected chi connectivity index (χ0v) is 15.2. The normalized spacial score (nSPS) is 11.3. The third-order valence-corrected chi connectivity index (χ3v) is 4.26. The molecular weight excluding hydrogens is 356 g/mol. The summed E-state index contributed by atoms with van der Waals surface area (Å²) in [5.41, 5.74) is 2.54. The maximum atomic E-state index is 12.2. The highest BCUT2D eigenvalue weighted by atomic mass is 16.3. The molecule has 140 valence electrons. The number of H-pyrrole nitrogens is 1. The second-order valence-electron chi connectivity index (χ2n) is 6.36. The Hall–Kier alpha value is -3.87. The molecule has 28 heavy (non-hydrogen) atoms. The second kappa shape index (κ2) is 7.40. The summed E-state index contributed by atoms with van der Waals surface area (Å²) in [4.78, 5) is 26.6. The lowest BCUT2D eigenvalue weighted by atomic mass is 10.1. The smallest absolute Gasteiger partial charge is 0.248 e. The number of amides is 1. The third-order valence-electron chi connectivity index (χ3n) is 4.26. The standard InChI is InChI=1S/C21H18N4O3/c1-14(26)20-8-7-17(28-20)13-25-12-16(11-23-25)24-21(27)9-6-15-10-22-19-5-3-2-4-18(15)19/h2-12,22H,13H2,1H3,(H,24,27)/b9-6-. The van der Waals surface area contributed by atoms with Crippen LogP contribution in [-0.2, 0) is 11.3 Å². The van der Waals surface area contributed by atoms with Gasteiger partial charge in [-0.05, 0) is 29.8 Å². The molecule has 1 aromatic carbocycles. The maximum absolute atomic E-state index is 12.2. The average Bonchev–Trinajstić information content (AvgIpc) is 3.40. The molecule has 0 aliphatic heterocycles. The van der Waals surface area contributed by atoms with Crippen LogP contribution in [0.15, 0.2) is 65.5 Å². The number of fused-ring (bicyclic) bond motifs is 1. The molecule has 3 heterocycles. The summed E-state index contributed by atoms with van der Waals surface area (Å²) in [6.45, 7) is 1.82. The third kappa shape index (κ3) is 3.78. The molecule has 0 atom stereocenters. The van der Waals surface area contributed by atoms with Gasteiger partial charge in [-0.2, -0.15) is 5.10 Å². The first-order chi connectivity index (χ1) is 13.6. The fourth-order valence-electron chi connectivity index (χ4n) is 2.91. The van der Waals surface area contributed by atoms with Crippen LogP contribution in [0.4, 0.5) is 5.69 Å². The fourth-order valence-corrected chi connectivity index (χ4v) is 2.91. The van der Waals surface area contributed by atoms with Crippen LogP contribution in [0.5, 0.6) is 0 Å². The number of benzene rings is 1. The van der Waals surface area contributed by atoms with Crippen molar-refractivity contribution < 1.29 is 14.0 Å². The Balaban J connectivity index is 1.39. The molecule has 0 saturated carbocycles. The first-order valence-electron chi connectivity index (χ1n) is 8.76. The molecule has 7 heteroatoms. The first-order valence-corrected chi connectivity index (χ1v) is 8.76. The van der Waals surface area contributed by atoms with Crippen LogP contribution in [0.2, 0.25) is 0 Å². The van der Waals surface area contributed by atoms with E-state index in [4.69, 9.17) is 4.42 Å². The summed E-state index contributed by atoms with van der Waals surface area (Å²) < 4.78 is 7.07. The molecule has 3 aromatic heterocycles. The number of carbonyl (C=O) groups is 2. The number of furan rings is 1. The summed E-state index contributed by atoms with van der Waals surface area (Å²) in [6, 6.07) is 11.3. The molecule has 0 spiro atoms. The molecule has 1 amide bonds. The van der Waals surface area contributed by atoms with Crippen LogP contribution < -0.4 is 5.32 Å². The molecule has 4 aromatic rings. The fraction of sp³-hybridized carbons (Fsp3) is 0.0952. The van der Waals surface area contributed by atoms with E-state index in [1.165, 1.54) is 13.0 Å². The van der Waals surface area contributed by atoms with E-state index in [2.05, 4.69) is 15.4 Å². The SMILES string of the molecule is CC(=O)c1ccc(Cn2cc(NC(=O)/C=C\c3c[nH]c4ccccc34)cn2)o1. The van der Waals surface area contributed by atoms with Crippen LogP contribution in [0.25, 0.3) is 17.0 Å². The number of hydrogen-bond acceptors (Lipinski definition) is 4.